The van der Waals surface area contributed by atoms with E-state index in [1.54, 1.807) is 0 Å². The molecule has 0 bridgehead atoms. The maximum absolute atomic E-state index is 10.7. The molecular weight excluding hydrogens is 343 g/mol. The van der Waals surface area contributed by atoms with Crippen LogP contribution in [0.4, 0.5) is 0 Å². The molecule has 24 heavy (non-hydrogen) atoms. The highest BCUT2D eigenvalue weighted by Gasteiger charge is 2.04. The van der Waals surface area contributed by atoms with Crippen LogP contribution < -0.4 is 0 Å². The largest absolute Gasteiger partial charge is 0.281 e. The summed E-state index contributed by atoms with van der Waals surface area (Å²) in [4.78, 5) is 21.3. The van der Waals surface area contributed by atoms with Crippen molar-refractivity contribution in [3.05, 3.63) is 0 Å². The van der Waals surface area contributed by atoms with E-state index in [2.05, 4.69) is 6.92 Å². The van der Waals surface area contributed by atoms with Gasteiger partial charge in [0.25, 0.3) is 0 Å². The third kappa shape index (κ3) is 20.0. The van der Waals surface area contributed by atoms with Crippen molar-refractivity contribution in [3.8, 4) is 0 Å². The summed E-state index contributed by atoms with van der Waals surface area (Å²) in [5.41, 5.74) is 0. The van der Waals surface area contributed by atoms with Gasteiger partial charge in [-0.25, -0.2) is 0 Å². The Morgan fingerprint density at radius 3 is 1.38 bits per heavy atom. The van der Waals surface area contributed by atoms with Gasteiger partial charge in [-0.05, 0) is 42.0 Å². The van der Waals surface area contributed by atoms with Crippen molar-refractivity contribution in [1.29, 1.82) is 0 Å². The van der Waals surface area contributed by atoms with Crippen LogP contribution in [0.15, 0.2) is 0 Å². The standard InChI is InChI=1S/C20H36Cl2O2/c1-18(16-17-20(22)24)14-12-10-8-6-4-2-3-5-7-9-11-13-15-19(21)23/h18H,2-17H2,1H3. The molecule has 0 fully saturated rings. The summed E-state index contributed by atoms with van der Waals surface area (Å²) < 4.78 is 0. The number of hydrogen-bond donors (Lipinski definition) is 0. The van der Waals surface area contributed by atoms with Crippen LogP contribution in [0.25, 0.3) is 0 Å². The summed E-state index contributed by atoms with van der Waals surface area (Å²) in [5.74, 6) is 0.621. The van der Waals surface area contributed by atoms with Gasteiger partial charge >= 0.3 is 0 Å². The minimum Gasteiger partial charge on any atom is -0.281 e. The Morgan fingerprint density at radius 2 is 0.958 bits per heavy atom. The maximum atomic E-state index is 10.7. The van der Waals surface area contributed by atoms with E-state index in [-0.39, 0.29) is 10.5 Å². The molecule has 1 atom stereocenters. The lowest BCUT2D eigenvalue weighted by Crippen LogP contribution is -1.97. The Morgan fingerprint density at radius 1 is 0.583 bits per heavy atom. The van der Waals surface area contributed by atoms with E-state index in [1.165, 1.54) is 70.6 Å². The lowest BCUT2D eigenvalue weighted by molar-refractivity contribution is -0.112. The summed E-state index contributed by atoms with van der Waals surface area (Å²) in [6, 6.07) is 0. The van der Waals surface area contributed by atoms with Crippen LogP contribution in [0.1, 0.15) is 110 Å². The van der Waals surface area contributed by atoms with Crippen molar-refractivity contribution in [1.82, 2.24) is 0 Å². The van der Waals surface area contributed by atoms with Gasteiger partial charge in [0, 0.05) is 12.8 Å². The number of carbonyl (C=O) groups excluding carboxylic acids is 2. The predicted molar refractivity (Wildman–Crippen MR) is 105 cm³/mol. The van der Waals surface area contributed by atoms with Crippen LogP contribution in [0, 0.1) is 5.92 Å². The molecule has 0 radical (unpaired) electrons. The molecule has 0 aliphatic heterocycles. The van der Waals surface area contributed by atoms with Gasteiger partial charge in [0.1, 0.15) is 0 Å². The number of carbonyl (C=O) groups is 2. The monoisotopic (exact) mass is 378 g/mol. The van der Waals surface area contributed by atoms with E-state index < -0.39 is 0 Å². The number of rotatable bonds is 18. The Hall–Kier alpha value is -0.0800. The van der Waals surface area contributed by atoms with E-state index >= 15 is 0 Å². The zero-order valence-corrected chi connectivity index (χ0v) is 17.0. The molecule has 142 valence electrons. The first-order valence-corrected chi connectivity index (χ1v) is 10.6. The van der Waals surface area contributed by atoms with E-state index in [9.17, 15) is 9.59 Å². The fourth-order valence-electron chi connectivity index (χ4n) is 3.03. The van der Waals surface area contributed by atoms with Crippen molar-refractivity contribution in [3.63, 3.8) is 0 Å². The zero-order chi connectivity index (χ0) is 18.0. The molecule has 0 aromatic heterocycles. The second-order valence-corrected chi connectivity index (χ2v) is 7.98. The molecule has 0 amide bonds. The second-order valence-electron chi connectivity index (χ2n) is 7.14. The molecule has 0 heterocycles. The third-order valence-corrected chi connectivity index (χ3v) is 5.03. The molecule has 4 heteroatoms. The highest BCUT2D eigenvalue weighted by atomic mass is 35.5. The van der Waals surface area contributed by atoms with E-state index in [1.807, 2.05) is 0 Å². The van der Waals surface area contributed by atoms with Crippen LogP contribution in [-0.2, 0) is 9.59 Å². The van der Waals surface area contributed by atoms with Crippen molar-refractivity contribution < 1.29 is 9.59 Å². The van der Waals surface area contributed by atoms with Gasteiger partial charge in [-0.1, -0.05) is 84.0 Å². The maximum Gasteiger partial charge on any atom is 0.221 e. The Kier molecular flexibility index (Phi) is 17.7. The number of halogens is 2. The lowest BCUT2D eigenvalue weighted by atomic mass is 9.97. The number of hydrogen-bond acceptors (Lipinski definition) is 2. The SMILES string of the molecule is CC(CCCCCCCCCCCCCCC(=O)Cl)CCC(=O)Cl. The van der Waals surface area contributed by atoms with Gasteiger partial charge < -0.3 is 0 Å². The molecule has 1 unspecified atom stereocenters. The first kappa shape index (κ1) is 23.9. The Labute approximate surface area is 159 Å². The van der Waals surface area contributed by atoms with Gasteiger partial charge in [-0.15, -0.1) is 0 Å². The summed E-state index contributed by atoms with van der Waals surface area (Å²) in [6.07, 6.45) is 18.5. The quantitative estimate of drug-likeness (QED) is 0.184. The molecule has 0 rings (SSSR count). The van der Waals surface area contributed by atoms with Crippen LogP contribution in [-0.4, -0.2) is 10.5 Å². The highest BCUT2D eigenvalue weighted by molar-refractivity contribution is 6.63. The molecular formula is C20H36Cl2O2. The van der Waals surface area contributed by atoms with Crippen molar-refractivity contribution in [2.75, 3.05) is 0 Å². The summed E-state index contributed by atoms with van der Waals surface area (Å²) in [6.45, 7) is 2.22. The Bertz CT molecular complexity index is 319. The van der Waals surface area contributed by atoms with Crippen molar-refractivity contribution in [2.24, 2.45) is 5.92 Å². The predicted octanol–water partition coefficient (Wildman–Crippen LogP) is 7.39. The second kappa shape index (κ2) is 17.7. The van der Waals surface area contributed by atoms with Gasteiger partial charge in [0.05, 0.1) is 0 Å². The van der Waals surface area contributed by atoms with E-state index in [0.717, 1.165) is 19.3 Å². The molecule has 0 aromatic carbocycles. The zero-order valence-electron chi connectivity index (χ0n) is 15.5. The molecule has 0 aromatic rings. The average molecular weight is 379 g/mol. The van der Waals surface area contributed by atoms with Gasteiger partial charge in [0.2, 0.25) is 10.5 Å². The molecule has 0 saturated carbocycles. The average Bonchev–Trinajstić information content (AvgIpc) is 2.52. The Balaban J connectivity index is 3.12. The molecule has 0 aliphatic rings. The highest BCUT2D eigenvalue weighted by Crippen LogP contribution is 2.17. The van der Waals surface area contributed by atoms with Crippen LogP contribution in [0.2, 0.25) is 0 Å². The molecule has 0 spiro atoms. The van der Waals surface area contributed by atoms with Crippen LogP contribution in [0.3, 0.4) is 0 Å². The molecule has 0 saturated heterocycles. The molecule has 0 N–H and O–H groups in total. The fraction of sp³-hybridized carbons (Fsp3) is 0.900. The van der Waals surface area contributed by atoms with Gasteiger partial charge in [-0.2, -0.15) is 0 Å². The first-order chi connectivity index (χ1) is 11.5. The third-order valence-electron chi connectivity index (χ3n) is 4.65. The molecule has 0 aliphatic carbocycles. The minimum atomic E-state index is -0.202. The summed E-state index contributed by atoms with van der Waals surface area (Å²) in [7, 11) is 0. The topological polar surface area (TPSA) is 34.1 Å². The van der Waals surface area contributed by atoms with E-state index in [0.29, 0.717) is 18.8 Å². The van der Waals surface area contributed by atoms with Gasteiger partial charge in [0.15, 0.2) is 0 Å². The smallest absolute Gasteiger partial charge is 0.221 e. The van der Waals surface area contributed by atoms with Crippen LogP contribution >= 0.6 is 23.2 Å². The summed E-state index contributed by atoms with van der Waals surface area (Å²) in [5, 5.41) is -0.401. The van der Waals surface area contributed by atoms with Crippen molar-refractivity contribution in [2.45, 2.75) is 110 Å². The normalized spacial score (nSPS) is 12.3. The van der Waals surface area contributed by atoms with Crippen molar-refractivity contribution >= 4 is 33.7 Å². The van der Waals surface area contributed by atoms with Gasteiger partial charge in [-0.3, -0.25) is 9.59 Å². The van der Waals surface area contributed by atoms with Crippen LogP contribution in [0.5, 0.6) is 0 Å². The fourth-order valence-corrected chi connectivity index (χ4v) is 3.27. The molecule has 2 nitrogen and oxygen atoms in total. The summed E-state index contributed by atoms with van der Waals surface area (Å²) >= 11 is 10.7. The number of unbranched alkanes of at least 4 members (excludes halogenated alkanes) is 11. The van der Waals surface area contributed by atoms with E-state index in [4.69, 9.17) is 23.2 Å². The first-order valence-electron chi connectivity index (χ1n) is 9.89. The lowest BCUT2D eigenvalue weighted by Gasteiger charge is -2.09. The minimum absolute atomic E-state index is 0.199.